The van der Waals surface area contributed by atoms with Gasteiger partial charge >= 0.3 is 6.09 Å². The minimum Gasteiger partial charge on any atom is -0.465 e. The van der Waals surface area contributed by atoms with Crippen LogP contribution in [0.25, 0.3) is 0 Å². The number of benzene rings is 2. The molecule has 0 saturated heterocycles. The van der Waals surface area contributed by atoms with Gasteiger partial charge in [0.15, 0.2) is 0 Å². The molecule has 1 N–H and O–H groups in total. The van der Waals surface area contributed by atoms with Gasteiger partial charge in [0.05, 0.1) is 6.54 Å². The Labute approximate surface area is 162 Å². The minimum atomic E-state index is -1.05. The van der Waals surface area contributed by atoms with E-state index in [-0.39, 0.29) is 6.54 Å². The molecule has 0 unspecified atom stereocenters. The highest BCUT2D eigenvalue weighted by atomic mass is 35.5. The summed E-state index contributed by atoms with van der Waals surface area (Å²) in [4.78, 5) is 19.7. The van der Waals surface area contributed by atoms with Crippen molar-refractivity contribution in [2.75, 3.05) is 18.0 Å². The average Bonchev–Trinajstić information content (AvgIpc) is 2.85. The summed E-state index contributed by atoms with van der Waals surface area (Å²) in [7, 11) is 0. The number of nitrogens with zero attached hydrogens (tertiary/aromatic N) is 3. The van der Waals surface area contributed by atoms with Gasteiger partial charge in [-0.1, -0.05) is 53.5 Å². The summed E-state index contributed by atoms with van der Waals surface area (Å²) in [6, 6.07) is 14.7. The Bertz CT molecular complexity index is 791. The summed E-state index contributed by atoms with van der Waals surface area (Å²) in [6.45, 7) is 1.45. The molecule has 136 valence electrons. The molecule has 2 aromatic carbocycles. The van der Waals surface area contributed by atoms with E-state index in [0.29, 0.717) is 29.1 Å². The standard InChI is InChI=1S/C19H19Cl2N3O2/c20-15-10-16(21)12-17(11-15)23-9-5-4-8-22-18(23)24(19(25)26)13-14-6-2-1-3-7-14/h1-3,6-7,10-12H,4-5,8-9,13H2,(H,25,26). The molecule has 0 bridgehead atoms. The second-order valence-corrected chi connectivity index (χ2v) is 6.90. The molecule has 7 heteroatoms. The fourth-order valence-electron chi connectivity index (χ4n) is 2.91. The molecule has 0 saturated carbocycles. The smallest absolute Gasteiger partial charge is 0.414 e. The number of hydrogen-bond acceptors (Lipinski definition) is 3. The minimum absolute atomic E-state index is 0.222. The van der Waals surface area contributed by atoms with Gasteiger partial charge < -0.3 is 10.0 Å². The number of halogens is 2. The molecule has 1 heterocycles. The van der Waals surface area contributed by atoms with Crippen molar-refractivity contribution < 1.29 is 9.90 Å². The summed E-state index contributed by atoms with van der Waals surface area (Å²) in [5.41, 5.74) is 1.63. The van der Waals surface area contributed by atoms with E-state index in [1.807, 2.05) is 35.2 Å². The van der Waals surface area contributed by atoms with Crippen LogP contribution in [-0.4, -0.2) is 35.1 Å². The van der Waals surface area contributed by atoms with Crippen molar-refractivity contribution in [3.05, 3.63) is 64.1 Å². The Hall–Kier alpha value is -2.24. The molecule has 1 aliphatic heterocycles. The lowest BCUT2D eigenvalue weighted by Gasteiger charge is -2.31. The molecule has 0 fully saturated rings. The zero-order chi connectivity index (χ0) is 18.5. The van der Waals surface area contributed by atoms with Crippen LogP contribution >= 0.6 is 23.2 Å². The number of amides is 1. The Morgan fingerprint density at radius 3 is 2.46 bits per heavy atom. The van der Waals surface area contributed by atoms with Gasteiger partial charge in [0.25, 0.3) is 0 Å². The van der Waals surface area contributed by atoms with E-state index in [0.717, 1.165) is 24.1 Å². The maximum Gasteiger partial charge on any atom is 0.414 e. The van der Waals surface area contributed by atoms with Gasteiger partial charge in [0, 0.05) is 28.8 Å². The molecule has 1 amide bonds. The number of anilines is 1. The monoisotopic (exact) mass is 391 g/mol. The van der Waals surface area contributed by atoms with Gasteiger partial charge in [-0.3, -0.25) is 4.99 Å². The van der Waals surface area contributed by atoms with Crippen LogP contribution in [0.5, 0.6) is 0 Å². The predicted molar refractivity (Wildman–Crippen MR) is 105 cm³/mol. The molecule has 26 heavy (non-hydrogen) atoms. The largest absolute Gasteiger partial charge is 0.465 e. The van der Waals surface area contributed by atoms with Crippen LogP contribution in [0, 0.1) is 0 Å². The van der Waals surface area contributed by atoms with Crippen molar-refractivity contribution in [1.29, 1.82) is 0 Å². The van der Waals surface area contributed by atoms with E-state index in [1.165, 1.54) is 4.90 Å². The fourth-order valence-corrected chi connectivity index (χ4v) is 3.42. The van der Waals surface area contributed by atoms with Crippen LogP contribution in [0.3, 0.4) is 0 Å². The van der Waals surface area contributed by atoms with Crippen LogP contribution in [-0.2, 0) is 6.54 Å². The first-order valence-corrected chi connectivity index (χ1v) is 9.12. The summed E-state index contributed by atoms with van der Waals surface area (Å²) in [5, 5.41) is 10.8. The van der Waals surface area contributed by atoms with Crippen LogP contribution in [0.4, 0.5) is 10.5 Å². The molecule has 0 aromatic heterocycles. The average molecular weight is 392 g/mol. The first kappa shape index (κ1) is 18.5. The van der Waals surface area contributed by atoms with Gasteiger partial charge in [-0.15, -0.1) is 0 Å². The number of aliphatic imine (C=N–C) groups is 1. The Balaban J connectivity index is 1.98. The first-order valence-electron chi connectivity index (χ1n) is 8.37. The molecule has 5 nitrogen and oxygen atoms in total. The third-order valence-electron chi connectivity index (χ3n) is 4.10. The maximum atomic E-state index is 12.0. The third-order valence-corrected chi connectivity index (χ3v) is 4.54. The zero-order valence-electron chi connectivity index (χ0n) is 14.1. The molecule has 0 spiro atoms. The second kappa shape index (κ2) is 8.43. The van der Waals surface area contributed by atoms with E-state index >= 15 is 0 Å². The number of guanidine groups is 1. The van der Waals surface area contributed by atoms with Gasteiger partial charge in [0.2, 0.25) is 5.96 Å². The summed E-state index contributed by atoms with van der Waals surface area (Å²) >= 11 is 12.3. The lowest BCUT2D eigenvalue weighted by molar-refractivity contribution is 0.167. The Morgan fingerprint density at radius 1 is 1.12 bits per heavy atom. The Morgan fingerprint density at radius 2 is 1.81 bits per heavy atom. The van der Waals surface area contributed by atoms with Gasteiger partial charge in [-0.05, 0) is 36.6 Å². The summed E-state index contributed by atoms with van der Waals surface area (Å²) in [5.74, 6) is 0.400. The predicted octanol–water partition coefficient (Wildman–Crippen LogP) is 5.13. The highest BCUT2D eigenvalue weighted by molar-refractivity contribution is 6.35. The maximum absolute atomic E-state index is 12.0. The summed E-state index contributed by atoms with van der Waals surface area (Å²) in [6.07, 6.45) is 0.746. The van der Waals surface area contributed by atoms with Crippen LogP contribution < -0.4 is 4.90 Å². The topological polar surface area (TPSA) is 56.1 Å². The van der Waals surface area contributed by atoms with E-state index in [1.54, 1.807) is 18.2 Å². The van der Waals surface area contributed by atoms with Gasteiger partial charge in [-0.25, -0.2) is 9.69 Å². The highest BCUT2D eigenvalue weighted by Gasteiger charge is 2.27. The highest BCUT2D eigenvalue weighted by Crippen LogP contribution is 2.28. The molecular formula is C19H19Cl2N3O2. The van der Waals surface area contributed by atoms with Crippen molar-refractivity contribution in [1.82, 2.24) is 4.90 Å². The van der Waals surface area contributed by atoms with Crippen LogP contribution in [0.2, 0.25) is 10.0 Å². The van der Waals surface area contributed by atoms with Gasteiger partial charge in [-0.2, -0.15) is 0 Å². The first-order chi connectivity index (χ1) is 12.5. The van der Waals surface area contributed by atoms with Crippen molar-refractivity contribution in [3.63, 3.8) is 0 Å². The zero-order valence-corrected chi connectivity index (χ0v) is 15.6. The Kier molecular flexibility index (Phi) is 6.01. The molecule has 1 aliphatic rings. The lowest BCUT2D eigenvalue weighted by Crippen LogP contribution is -2.46. The number of carbonyl (C=O) groups is 1. The van der Waals surface area contributed by atoms with E-state index in [2.05, 4.69) is 4.99 Å². The molecular weight excluding hydrogens is 373 g/mol. The van der Waals surface area contributed by atoms with Crippen LogP contribution in [0.1, 0.15) is 18.4 Å². The quantitative estimate of drug-likeness (QED) is 0.788. The molecule has 2 aromatic rings. The molecule has 0 radical (unpaired) electrons. The second-order valence-electron chi connectivity index (χ2n) is 6.02. The number of carboxylic acid groups (broad SMARTS) is 1. The molecule has 3 rings (SSSR count). The van der Waals surface area contributed by atoms with Crippen LogP contribution in [0.15, 0.2) is 53.5 Å². The lowest BCUT2D eigenvalue weighted by atomic mass is 10.2. The fraction of sp³-hybridized carbons (Fsp3) is 0.263. The molecule has 0 aliphatic carbocycles. The van der Waals surface area contributed by atoms with E-state index < -0.39 is 6.09 Å². The van der Waals surface area contributed by atoms with E-state index in [4.69, 9.17) is 23.2 Å². The number of rotatable bonds is 3. The SMILES string of the molecule is O=C(O)N(Cc1ccccc1)C1=NCCCCN1c1cc(Cl)cc(Cl)c1. The van der Waals surface area contributed by atoms with Crippen molar-refractivity contribution >= 4 is 40.9 Å². The number of hydrogen-bond donors (Lipinski definition) is 1. The normalized spacial score (nSPS) is 14.5. The van der Waals surface area contributed by atoms with Crippen molar-refractivity contribution in [2.45, 2.75) is 19.4 Å². The van der Waals surface area contributed by atoms with Crippen molar-refractivity contribution in [2.24, 2.45) is 4.99 Å². The summed E-state index contributed by atoms with van der Waals surface area (Å²) < 4.78 is 0. The third kappa shape index (κ3) is 4.48. The van der Waals surface area contributed by atoms with Gasteiger partial charge in [0.1, 0.15) is 0 Å². The van der Waals surface area contributed by atoms with E-state index in [9.17, 15) is 9.90 Å². The van der Waals surface area contributed by atoms with Crippen molar-refractivity contribution in [3.8, 4) is 0 Å². The molecule has 0 atom stereocenters.